The topological polar surface area (TPSA) is 26.3 Å². The van der Waals surface area contributed by atoms with Crippen molar-refractivity contribution in [3.63, 3.8) is 0 Å². The zero-order valence-electron chi connectivity index (χ0n) is 7.36. The second kappa shape index (κ2) is 5.16. The van der Waals surface area contributed by atoms with Crippen molar-refractivity contribution in [2.45, 2.75) is 6.92 Å². The number of hydrogen-bond acceptors (Lipinski definition) is 2. The second-order valence-electron chi connectivity index (χ2n) is 2.60. The molecule has 2 nitrogen and oxygen atoms in total. The summed E-state index contributed by atoms with van der Waals surface area (Å²) in [5.74, 6) is 0.692. The molecule has 3 heteroatoms. The van der Waals surface area contributed by atoms with E-state index in [1.165, 1.54) is 6.08 Å². The molecule has 0 aliphatic carbocycles. The summed E-state index contributed by atoms with van der Waals surface area (Å²) >= 11 is 0.435. The Morgan fingerprint density at radius 1 is 1.38 bits per heavy atom. The van der Waals surface area contributed by atoms with E-state index in [1.54, 1.807) is 19.1 Å². The van der Waals surface area contributed by atoms with Crippen LogP contribution in [0.2, 0.25) is 0 Å². The third-order valence-electron chi connectivity index (χ3n) is 1.58. The third kappa shape index (κ3) is 3.30. The Kier molecular flexibility index (Phi) is 4.14. The van der Waals surface area contributed by atoms with Crippen molar-refractivity contribution in [3.05, 3.63) is 47.7 Å². The summed E-state index contributed by atoms with van der Waals surface area (Å²) < 4.78 is 5.05. The maximum atomic E-state index is 11.5. The molecular weight excluding hydrogens is 356 g/mol. The summed E-state index contributed by atoms with van der Waals surface area (Å²) in [6, 6.07) is 9.17. The Bertz CT molecular complexity index is 317. The van der Waals surface area contributed by atoms with E-state index in [1.807, 2.05) is 18.2 Å². The monoisotopic (exact) mass is 366 g/mol. The predicted octanol–water partition coefficient (Wildman–Crippen LogP) is 1.87. The van der Waals surface area contributed by atoms with Gasteiger partial charge in [-0.05, 0) is 0 Å². The van der Waals surface area contributed by atoms with Crippen LogP contribution in [0.5, 0.6) is 0 Å². The Labute approximate surface area is 93.9 Å². The molecule has 0 unspecified atom stereocenters. The predicted molar refractivity (Wildman–Crippen MR) is 51.4 cm³/mol. The molecule has 0 aliphatic heterocycles. The molecular formula is C10H9O2Tl. The summed E-state index contributed by atoms with van der Waals surface area (Å²) in [4.78, 5) is 11.5. The fourth-order valence-electron chi connectivity index (χ4n) is 0.904. The average molecular weight is 366 g/mol. The third-order valence-corrected chi connectivity index (χ3v) is 3.02. The van der Waals surface area contributed by atoms with Gasteiger partial charge in [0.15, 0.2) is 0 Å². The van der Waals surface area contributed by atoms with E-state index in [2.05, 4.69) is 0 Å². The summed E-state index contributed by atoms with van der Waals surface area (Å²) in [6.45, 7) is 1.79. The van der Waals surface area contributed by atoms with Crippen LogP contribution >= 0.6 is 0 Å². The molecule has 0 aromatic heterocycles. The van der Waals surface area contributed by atoms with Crippen molar-refractivity contribution >= 4 is 32.0 Å². The maximum absolute atomic E-state index is 11.5. The van der Waals surface area contributed by atoms with Gasteiger partial charge in [-0.1, -0.05) is 0 Å². The van der Waals surface area contributed by atoms with Gasteiger partial charge < -0.3 is 0 Å². The van der Waals surface area contributed by atoms with E-state index in [0.717, 1.165) is 0 Å². The van der Waals surface area contributed by atoms with Crippen LogP contribution in [0.25, 0.3) is 0 Å². The molecule has 0 atom stereocenters. The van der Waals surface area contributed by atoms with Crippen LogP contribution in [-0.4, -0.2) is 32.0 Å². The standard InChI is InChI=1S/C10H10O2.Tl/c1-8(11)7-10(12)9-5-3-2-4-6-9;/h2-7,11H,1H3;/q;+1/p-1/b8-7-;. The van der Waals surface area contributed by atoms with Gasteiger partial charge in [-0.15, -0.1) is 0 Å². The average Bonchev–Trinajstić information content (AvgIpc) is 2.19. The Morgan fingerprint density at radius 3 is 2.54 bits per heavy atom. The van der Waals surface area contributed by atoms with Gasteiger partial charge >= 0.3 is 94.1 Å². The molecule has 64 valence electrons. The zero-order chi connectivity index (χ0) is 9.68. The zero-order valence-corrected chi connectivity index (χ0v) is 11.8. The number of ketones is 1. The number of benzene rings is 1. The molecule has 1 aromatic rings. The molecule has 0 saturated heterocycles. The first kappa shape index (κ1) is 10.4. The molecule has 13 heavy (non-hydrogen) atoms. The summed E-state index contributed by atoms with van der Waals surface area (Å²) in [7, 11) is 0. The van der Waals surface area contributed by atoms with Crippen LogP contribution in [0, 0.1) is 0 Å². The number of rotatable bonds is 3. The number of hydrogen-bond donors (Lipinski definition) is 0. The van der Waals surface area contributed by atoms with Crippen LogP contribution in [0.1, 0.15) is 17.3 Å². The van der Waals surface area contributed by atoms with Gasteiger partial charge in [-0.25, -0.2) is 0 Å². The fraction of sp³-hybridized carbons (Fsp3) is 0.100. The van der Waals surface area contributed by atoms with Crippen LogP contribution < -0.4 is 0 Å². The van der Waals surface area contributed by atoms with Gasteiger partial charge in [0.25, 0.3) is 0 Å². The summed E-state index contributed by atoms with van der Waals surface area (Å²) in [6.07, 6.45) is 1.52. The quantitative estimate of drug-likeness (QED) is 0.354. The van der Waals surface area contributed by atoms with Gasteiger partial charge in [-0.2, -0.15) is 0 Å². The van der Waals surface area contributed by atoms with E-state index in [4.69, 9.17) is 2.69 Å². The van der Waals surface area contributed by atoms with Gasteiger partial charge in [0.2, 0.25) is 0 Å². The van der Waals surface area contributed by atoms with E-state index >= 15 is 0 Å². The van der Waals surface area contributed by atoms with Gasteiger partial charge in [0.05, 0.1) is 0 Å². The van der Waals surface area contributed by atoms with Crippen molar-refractivity contribution in [1.29, 1.82) is 0 Å². The Balaban J connectivity index is 2.81. The summed E-state index contributed by atoms with van der Waals surface area (Å²) in [5.41, 5.74) is 0.698. The first-order valence-corrected chi connectivity index (χ1v) is 5.71. The Morgan fingerprint density at radius 2 is 2.00 bits per heavy atom. The van der Waals surface area contributed by atoms with Gasteiger partial charge in [0, 0.05) is 0 Å². The van der Waals surface area contributed by atoms with Crippen molar-refractivity contribution < 1.29 is 7.48 Å². The van der Waals surface area contributed by atoms with Crippen molar-refractivity contribution in [1.82, 2.24) is 0 Å². The summed E-state index contributed by atoms with van der Waals surface area (Å²) in [5, 5.41) is 0. The van der Waals surface area contributed by atoms with Crippen molar-refractivity contribution in [3.8, 4) is 0 Å². The molecule has 0 heterocycles. The Hall–Kier alpha value is -0.648. The molecule has 0 aliphatic rings. The van der Waals surface area contributed by atoms with E-state index in [-0.39, 0.29) is 5.78 Å². The molecule has 1 aromatic carbocycles. The molecule has 0 N–H and O–H groups in total. The van der Waals surface area contributed by atoms with Crippen molar-refractivity contribution in [2.24, 2.45) is 0 Å². The minimum atomic E-state index is -0.00116. The molecule has 0 saturated carbocycles. The molecule has 0 spiro atoms. The first-order valence-electron chi connectivity index (χ1n) is 3.88. The molecule has 0 radical (unpaired) electrons. The molecule has 0 bridgehead atoms. The van der Waals surface area contributed by atoms with Gasteiger partial charge in [-0.3, -0.25) is 0 Å². The van der Waals surface area contributed by atoms with E-state index in [9.17, 15) is 4.79 Å². The number of allylic oxidation sites excluding steroid dienone is 2. The van der Waals surface area contributed by atoms with Crippen LogP contribution in [0.4, 0.5) is 0 Å². The fourth-order valence-corrected chi connectivity index (χ4v) is 1.17. The minimum absolute atomic E-state index is 0.00116. The van der Waals surface area contributed by atoms with Crippen LogP contribution in [-0.2, 0) is 2.69 Å². The second-order valence-corrected chi connectivity index (χ2v) is 3.52. The van der Waals surface area contributed by atoms with Crippen molar-refractivity contribution in [2.75, 3.05) is 0 Å². The first-order chi connectivity index (χ1) is 6.24. The molecule has 1 rings (SSSR count). The van der Waals surface area contributed by atoms with E-state index < -0.39 is 0 Å². The SMILES string of the molecule is C/C(=C/C(=O)c1ccccc1)[O][Tl]. The number of carbonyl (C=O) groups is 1. The normalized spacial score (nSPS) is 10.9. The number of carbonyl (C=O) groups excluding carboxylic acids is 1. The van der Waals surface area contributed by atoms with Gasteiger partial charge in [0.1, 0.15) is 0 Å². The van der Waals surface area contributed by atoms with Crippen LogP contribution in [0.15, 0.2) is 42.2 Å². The molecule has 0 amide bonds. The molecule has 0 fully saturated rings. The van der Waals surface area contributed by atoms with Crippen LogP contribution in [0.3, 0.4) is 0 Å². The van der Waals surface area contributed by atoms with E-state index in [0.29, 0.717) is 37.5 Å².